The SMILES string of the molecule is CC(Cc1ccccc1)Nc1ccc(C(=O)O)c(Br)c1F. The van der Waals surface area contributed by atoms with E-state index in [2.05, 4.69) is 21.2 Å². The molecular formula is C16H15BrFNO2. The molecule has 21 heavy (non-hydrogen) atoms. The third-order valence-electron chi connectivity index (χ3n) is 3.10. The third-order valence-corrected chi connectivity index (χ3v) is 3.87. The van der Waals surface area contributed by atoms with Crippen molar-refractivity contribution in [1.82, 2.24) is 0 Å². The van der Waals surface area contributed by atoms with E-state index < -0.39 is 11.8 Å². The van der Waals surface area contributed by atoms with E-state index in [-0.39, 0.29) is 21.8 Å². The maximum atomic E-state index is 14.1. The van der Waals surface area contributed by atoms with Gasteiger partial charge < -0.3 is 10.4 Å². The van der Waals surface area contributed by atoms with Crippen molar-refractivity contribution in [3.63, 3.8) is 0 Å². The summed E-state index contributed by atoms with van der Waals surface area (Å²) in [5.41, 5.74) is 1.35. The molecule has 0 spiro atoms. The van der Waals surface area contributed by atoms with Gasteiger partial charge in [-0.05, 0) is 47.0 Å². The van der Waals surface area contributed by atoms with Crippen LogP contribution in [0.5, 0.6) is 0 Å². The first-order valence-corrected chi connectivity index (χ1v) is 7.30. The van der Waals surface area contributed by atoms with E-state index in [0.29, 0.717) is 0 Å². The summed E-state index contributed by atoms with van der Waals surface area (Å²) in [6.45, 7) is 1.95. The predicted octanol–water partition coefficient (Wildman–Crippen LogP) is 4.33. The number of anilines is 1. The van der Waals surface area contributed by atoms with Gasteiger partial charge in [0.25, 0.3) is 0 Å². The van der Waals surface area contributed by atoms with Gasteiger partial charge in [-0.2, -0.15) is 0 Å². The maximum absolute atomic E-state index is 14.1. The van der Waals surface area contributed by atoms with Gasteiger partial charge in [-0.25, -0.2) is 9.18 Å². The summed E-state index contributed by atoms with van der Waals surface area (Å²) in [4.78, 5) is 10.9. The highest BCUT2D eigenvalue weighted by Gasteiger charge is 2.16. The summed E-state index contributed by atoms with van der Waals surface area (Å²) < 4.78 is 14.1. The van der Waals surface area contributed by atoms with Gasteiger partial charge in [0.05, 0.1) is 15.7 Å². The molecule has 2 N–H and O–H groups in total. The van der Waals surface area contributed by atoms with Gasteiger partial charge in [-0.15, -0.1) is 0 Å². The number of halogens is 2. The number of hydrogen-bond acceptors (Lipinski definition) is 2. The van der Waals surface area contributed by atoms with Gasteiger partial charge in [0.2, 0.25) is 0 Å². The summed E-state index contributed by atoms with van der Waals surface area (Å²) in [6.07, 6.45) is 0.749. The molecule has 110 valence electrons. The molecular weight excluding hydrogens is 337 g/mol. The lowest BCUT2D eigenvalue weighted by molar-refractivity contribution is 0.0695. The summed E-state index contributed by atoms with van der Waals surface area (Å²) >= 11 is 2.99. The molecule has 1 unspecified atom stereocenters. The van der Waals surface area contributed by atoms with Gasteiger partial charge in [0.1, 0.15) is 0 Å². The number of carboxylic acids is 1. The Morgan fingerprint density at radius 1 is 1.29 bits per heavy atom. The molecule has 2 aromatic rings. The fourth-order valence-corrected chi connectivity index (χ4v) is 2.63. The monoisotopic (exact) mass is 351 g/mol. The molecule has 0 aliphatic rings. The first-order valence-electron chi connectivity index (χ1n) is 6.50. The number of aromatic carboxylic acids is 1. The zero-order valence-corrected chi connectivity index (χ0v) is 13.0. The Morgan fingerprint density at radius 3 is 2.57 bits per heavy atom. The van der Waals surface area contributed by atoms with Crippen LogP contribution in [0.1, 0.15) is 22.8 Å². The van der Waals surface area contributed by atoms with E-state index in [1.807, 2.05) is 37.3 Å². The lowest BCUT2D eigenvalue weighted by Crippen LogP contribution is -2.19. The average molecular weight is 352 g/mol. The normalized spacial score (nSPS) is 12.0. The minimum atomic E-state index is -1.16. The number of carboxylic acid groups (broad SMARTS) is 1. The number of carbonyl (C=O) groups is 1. The first kappa shape index (κ1) is 15.5. The van der Waals surface area contributed by atoms with Crippen molar-refractivity contribution in [1.29, 1.82) is 0 Å². The fourth-order valence-electron chi connectivity index (χ4n) is 2.11. The van der Waals surface area contributed by atoms with Crippen LogP contribution in [0.15, 0.2) is 46.9 Å². The standard InChI is InChI=1S/C16H15BrFNO2/c1-10(9-11-5-3-2-4-6-11)19-13-8-7-12(16(20)21)14(17)15(13)18/h2-8,10,19H,9H2,1H3,(H,20,21). The molecule has 0 heterocycles. The van der Waals surface area contributed by atoms with Crippen molar-refractivity contribution in [3.05, 3.63) is 63.9 Å². The van der Waals surface area contributed by atoms with Crippen LogP contribution >= 0.6 is 15.9 Å². The molecule has 1 atom stereocenters. The molecule has 0 saturated carbocycles. The molecule has 0 saturated heterocycles. The van der Waals surface area contributed by atoms with Crippen molar-refractivity contribution in [2.24, 2.45) is 0 Å². The number of hydrogen-bond donors (Lipinski definition) is 2. The van der Waals surface area contributed by atoms with E-state index in [9.17, 15) is 9.18 Å². The van der Waals surface area contributed by atoms with Gasteiger partial charge in [-0.1, -0.05) is 30.3 Å². The fraction of sp³-hybridized carbons (Fsp3) is 0.188. The second-order valence-corrected chi connectivity index (χ2v) is 5.62. The minimum absolute atomic E-state index is 0.0180. The number of nitrogens with one attached hydrogen (secondary N) is 1. The van der Waals surface area contributed by atoms with Crippen LogP contribution < -0.4 is 5.32 Å². The Kier molecular flexibility index (Phi) is 4.96. The first-order chi connectivity index (χ1) is 9.99. The lowest BCUT2D eigenvalue weighted by Gasteiger charge is -2.17. The third kappa shape index (κ3) is 3.82. The molecule has 0 aliphatic heterocycles. The summed E-state index contributed by atoms with van der Waals surface area (Å²) in [6, 6.07) is 12.7. The highest BCUT2D eigenvalue weighted by molar-refractivity contribution is 9.10. The maximum Gasteiger partial charge on any atom is 0.336 e. The number of benzene rings is 2. The molecule has 0 amide bonds. The van der Waals surface area contributed by atoms with E-state index in [1.165, 1.54) is 12.1 Å². The van der Waals surface area contributed by atoms with Gasteiger partial charge in [0, 0.05) is 6.04 Å². The van der Waals surface area contributed by atoms with Crippen molar-refractivity contribution >= 4 is 27.6 Å². The van der Waals surface area contributed by atoms with Crippen molar-refractivity contribution in [2.75, 3.05) is 5.32 Å². The topological polar surface area (TPSA) is 49.3 Å². The Morgan fingerprint density at radius 2 is 1.95 bits per heavy atom. The smallest absolute Gasteiger partial charge is 0.336 e. The largest absolute Gasteiger partial charge is 0.478 e. The molecule has 0 radical (unpaired) electrons. The second-order valence-electron chi connectivity index (χ2n) is 4.83. The van der Waals surface area contributed by atoms with Crippen LogP contribution in [0.3, 0.4) is 0 Å². The Labute approximate surface area is 130 Å². The Balaban J connectivity index is 2.13. The molecule has 0 bridgehead atoms. The predicted molar refractivity (Wildman–Crippen MR) is 84.3 cm³/mol. The minimum Gasteiger partial charge on any atom is -0.478 e. The van der Waals surface area contributed by atoms with Gasteiger partial charge in [-0.3, -0.25) is 0 Å². The summed E-state index contributed by atoms with van der Waals surface area (Å²) in [5, 5.41) is 12.0. The van der Waals surface area contributed by atoms with E-state index >= 15 is 0 Å². The Hall–Kier alpha value is -1.88. The van der Waals surface area contributed by atoms with Gasteiger partial charge in [0.15, 0.2) is 5.82 Å². The quantitative estimate of drug-likeness (QED) is 0.842. The highest BCUT2D eigenvalue weighted by atomic mass is 79.9. The molecule has 2 rings (SSSR count). The second kappa shape index (κ2) is 6.72. The van der Waals surface area contributed by atoms with E-state index in [0.717, 1.165) is 12.0 Å². The van der Waals surface area contributed by atoms with Crippen molar-refractivity contribution in [2.45, 2.75) is 19.4 Å². The summed E-state index contributed by atoms with van der Waals surface area (Å²) in [7, 11) is 0. The number of rotatable bonds is 5. The van der Waals surface area contributed by atoms with Crippen molar-refractivity contribution in [3.8, 4) is 0 Å². The van der Waals surface area contributed by atoms with Crippen molar-refractivity contribution < 1.29 is 14.3 Å². The van der Waals surface area contributed by atoms with E-state index in [4.69, 9.17) is 5.11 Å². The average Bonchev–Trinajstić information content (AvgIpc) is 2.44. The molecule has 0 aromatic heterocycles. The molecule has 0 fully saturated rings. The van der Waals surface area contributed by atoms with Crippen LogP contribution in [0, 0.1) is 5.82 Å². The van der Waals surface area contributed by atoms with Crippen LogP contribution in [-0.4, -0.2) is 17.1 Å². The zero-order valence-electron chi connectivity index (χ0n) is 11.4. The van der Waals surface area contributed by atoms with Crippen LogP contribution in [0.2, 0.25) is 0 Å². The summed E-state index contributed by atoms with van der Waals surface area (Å²) in [5.74, 6) is -1.75. The lowest BCUT2D eigenvalue weighted by atomic mass is 10.1. The molecule has 0 aliphatic carbocycles. The molecule has 2 aromatic carbocycles. The van der Waals surface area contributed by atoms with Crippen LogP contribution in [-0.2, 0) is 6.42 Å². The van der Waals surface area contributed by atoms with Crippen LogP contribution in [0.4, 0.5) is 10.1 Å². The molecule has 5 heteroatoms. The highest BCUT2D eigenvalue weighted by Crippen LogP contribution is 2.27. The Bertz CT molecular complexity index is 646. The molecule has 3 nitrogen and oxygen atoms in total. The van der Waals surface area contributed by atoms with E-state index in [1.54, 1.807) is 0 Å². The van der Waals surface area contributed by atoms with Gasteiger partial charge >= 0.3 is 5.97 Å². The van der Waals surface area contributed by atoms with Crippen LogP contribution in [0.25, 0.3) is 0 Å². The zero-order chi connectivity index (χ0) is 15.4.